The van der Waals surface area contributed by atoms with Crippen molar-refractivity contribution in [2.75, 3.05) is 5.32 Å². The average molecular weight is 337 g/mol. The van der Waals surface area contributed by atoms with Crippen LogP contribution in [0.1, 0.15) is 12.4 Å². The molecule has 0 atom stereocenters. The van der Waals surface area contributed by atoms with Gasteiger partial charge in [0.05, 0.1) is 17.3 Å². The van der Waals surface area contributed by atoms with Crippen LogP contribution in [0.25, 0.3) is 0 Å². The summed E-state index contributed by atoms with van der Waals surface area (Å²) in [6.45, 7) is -2.42. The number of hydrogen-bond donors (Lipinski definition) is 1. The molecule has 0 radical (unpaired) electrons. The molecular weight excluding hydrogens is 327 g/mol. The summed E-state index contributed by atoms with van der Waals surface area (Å²) in [6.07, 6.45) is 2.58. The topological polar surface area (TPSA) is 29.9 Å². The summed E-state index contributed by atoms with van der Waals surface area (Å²) in [5.41, 5.74) is 0.662. The van der Waals surface area contributed by atoms with E-state index >= 15 is 0 Å². The smallest absolute Gasteiger partial charge is 0.319 e. The monoisotopic (exact) mass is 335 g/mol. The first-order chi connectivity index (χ1) is 8.58. The average Bonchev–Trinajstić information content (AvgIpc) is 2.79. The molecule has 2 aromatic rings. The molecule has 0 saturated carbocycles. The van der Waals surface area contributed by atoms with Crippen molar-refractivity contribution in [2.24, 2.45) is 0 Å². The van der Waals surface area contributed by atoms with Gasteiger partial charge in [-0.1, -0.05) is 27.5 Å². The highest BCUT2D eigenvalue weighted by atomic mass is 79.9. The molecule has 0 aliphatic rings. The molecule has 7 heteroatoms. The highest BCUT2D eigenvalue weighted by Crippen LogP contribution is 2.26. The first kappa shape index (κ1) is 13.3. The van der Waals surface area contributed by atoms with Crippen molar-refractivity contribution < 1.29 is 8.78 Å². The normalized spacial score (nSPS) is 10.9. The second kappa shape index (κ2) is 5.67. The highest BCUT2D eigenvalue weighted by molar-refractivity contribution is 9.10. The Morgan fingerprint density at radius 1 is 1.44 bits per heavy atom. The predicted octanol–water partition coefficient (Wildman–Crippen LogP) is 4.31. The molecule has 3 nitrogen and oxygen atoms in total. The lowest BCUT2D eigenvalue weighted by Gasteiger charge is -2.10. The standard InChI is InChI=1S/C11H9BrClF2N3/c12-7-1-2-8(13)9(5-7)17-6-10-16-3-4-18(10)11(14)15/h1-5,11,17H,6H2. The molecular formula is C11H9BrClF2N3. The molecule has 0 spiro atoms. The van der Waals surface area contributed by atoms with Crippen LogP contribution in [0, 0.1) is 0 Å². The van der Waals surface area contributed by atoms with E-state index in [0.29, 0.717) is 10.7 Å². The van der Waals surface area contributed by atoms with E-state index in [0.717, 1.165) is 9.04 Å². The van der Waals surface area contributed by atoms with Crippen LogP contribution in [-0.2, 0) is 6.54 Å². The zero-order chi connectivity index (χ0) is 13.1. The fourth-order valence-electron chi connectivity index (χ4n) is 1.47. The Morgan fingerprint density at radius 2 is 2.22 bits per heavy atom. The quantitative estimate of drug-likeness (QED) is 0.902. The summed E-state index contributed by atoms with van der Waals surface area (Å²) < 4.78 is 26.8. The maximum atomic E-state index is 12.6. The van der Waals surface area contributed by atoms with E-state index in [1.807, 2.05) is 0 Å². The van der Waals surface area contributed by atoms with Crippen molar-refractivity contribution in [1.82, 2.24) is 9.55 Å². The van der Waals surface area contributed by atoms with Gasteiger partial charge < -0.3 is 5.32 Å². The van der Waals surface area contributed by atoms with Crippen LogP contribution in [0.15, 0.2) is 35.1 Å². The summed E-state index contributed by atoms with van der Waals surface area (Å²) in [6, 6.07) is 5.29. The number of nitrogens with one attached hydrogen (secondary N) is 1. The Labute approximate surface area is 116 Å². The van der Waals surface area contributed by atoms with Gasteiger partial charge in [-0.05, 0) is 18.2 Å². The van der Waals surface area contributed by atoms with Gasteiger partial charge in [-0.25, -0.2) is 4.98 Å². The minimum atomic E-state index is -2.60. The van der Waals surface area contributed by atoms with Gasteiger partial charge in [0.1, 0.15) is 5.82 Å². The summed E-state index contributed by atoms with van der Waals surface area (Å²) in [4.78, 5) is 3.87. The van der Waals surface area contributed by atoms with E-state index in [-0.39, 0.29) is 12.4 Å². The molecule has 1 heterocycles. The lowest BCUT2D eigenvalue weighted by atomic mass is 10.3. The summed E-state index contributed by atoms with van der Waals surface area (Å²) in [5, 5.41) is 3.49. The van der Waals surface area contributed by atoms with E-state index in [9.17, 15) is 8.78 Å². The van der Waals surface area contributed by atoms with E-state index < -0.39 is 6.55 Å². The number of benzene rings is 1. The van der Waals surface area contributed by atoms with E-state index in [4.69, 9.17) is 11.6 Å². The fourth-order valence-corrected chi connectivity index (χ4v) is 2.01. The molecule has 0 saturated heterocycles. The molecule has 1 aromatic heterocycles. The van der Waals surface area contributed by atoms with Gasteiger partial charge in [-0.3, -0.25) is 4.57 Å². The first-order valence-electron chi connectivity index (χ1n) is 5.06. The fraction of sp³-hybridized carbons (Fsp3) is 0.182. The van der Waals surface area contributed by atoms with Crippen LogP contribution < -0.4 is 5.32 Å². The number of alkyl halides is 2. The Morgan fingerprint density at radius 3 is 2.94 bits per heavy atom. The molecule has 0 amide bonds. The van der Waals surface area contributed by atoms with Crippen molar-refractivity contribution in [3.05, 3.63) is 45.9 Å². The number of rotatable bonds is 4. The molecule has 0 aliphatic heterocycles. The van der Waals surface area contributed by atoms with Gasteiger partial charge in [0, 0.05) is 16.9 Å². The largest absolute Gasteiger partial charge is 0.377 e. The van der Waals surface area contributed by atoms with Gasteiger partial charge in [-0.15, -0.1) is 0 Å². The zero-order valence-electron chi connectivity index (χ0n) is 9.08. The molecule has 1 N–H and O–H groups in total. The second-order valence-corrected chi connectivity index (χ2v) is 4.83. The van der Waals surface area contributed by atoms with Crippen LogP contribution in [-0.4, -0.2) is 9.55 Å². The molecule has 0 unspecified atom stereocenters. The third kappa shape index (κ3) is 3.00. The number of hydrogen-bond acceptors (Lipinski definition) is 2. The summed E-state index contributed by atoms with van der Waals surface area (Å²) in [5.74, 6) is 0.251. The third-order valence-electron chi connectivity index (χ3n) is 2.32. The zero-order valence-corrected chi connectivity index (χ0v) is 11.4. The second-order valence-electron chi connectivity index (χ2n) is 3.51. The summed E-state index contributed by atoms with van der Waals surface area (Å²) in [7, 11) is 0. The first-order valence-corrected chi connectivity index (χ1v) is 6.24. The minimum absolute atomic E-state index is 0.174. The van der Waals surface area contributed by atoms with Crippen molar-refractivity contribution in [3.8, 4) is 0 Å². The molecule has 0 fully saturated rings. The van der Waals surface area contributed by atoms with Crippen LogP contribution in [0.4, 0.5) is 14.5 Å². The van der Waals surface area contributed by atoms with Gasteiger partial charge in [0.15, 0.2) is 0 Å². The van der Waals surface area contributed by atoms with Crippen molar-refractivity contribution in [2.45, 2.75) is 13.1 Å². The molecule has 0 aliphatic carbocycles. The summed E-state index contributed by atoms with van der Waals surface area (Å²) >= 11 is 9.29. The molecule has 1 aromatic carbocycles. The van der Waals surface area contributed by atoms with Crippen LogP contribution in [0.3, 0.4) is 0 Å². The predicted molar refractivity (Wildman–Crippen MR) is 70.0 cm³/mol. The van der Waals surface area contributed by atoms with Crippen LogP contribution in [0.5, 0.6) is 0 Å². The minimum Gasteiger partial charge on any atom is -0.377 e. The van der Waals surface area contributed by atoms with Crippen molar-refractivity contribution in [3.63, 3.8) is 0 Å². The molecule has 2 rings (SSSR count). The highest BCUT2D eigenvalue weighted by Gasteiger charge is 2.11. The maximum absolute atomic E-state index is 12.6. The number of nitrogens with zero attached hydrogens (tertiary/aromatic N) is 2. The SMILES string of the molecule is FC(F)n1ccnc1CNc1cc(Br)ccc1Cl. The maximum Gasteiger partial charge on any atom is 0.319 e. The number of aromatic nitrogens is 2. The Balaban J connectivity index is 2.11. The molecule has 0 bridgehead atoms. The van der Waals surface area contributed by atoms with Gasteiger partial charge in [0.25, 0.3) is 0 Å². The Bertz CT molecular complexity index is 545. The van der Waals surface area contributed by atoms with Crippen LogP contribution in [0.2, 0.25) is 5.02 Å². The van der Waals surface area contributed by atoms with Gasteiger partial charge in [-0.2, -0.15) is 8.78 Å². The number of halogens is 4. The van der Waals surface area contributed by atoms with Crippen molar-refractivity contribution >= 4 is 33.2 Å². The number of anilines is 1. The van der Waals surface area contributed by atoms with Gasteiger partial charge in [0.2, 0.25) is 0 Å². The Kier molecular flexibility index (Phi) is 4.19. The van der Waals surface area contributed by atoms with E-state index in [1.54, 1.807) is 18.2 Å². The molecule has 96 valence electrons. The lowest BCUT2D eigenvalue weighted by Crippen LogP contribution is -2.09. The van der Waals surface area contributed by atoms with Crippen molar-refractivity contribution in [1.29, 1.82) is 0 Å². The van der Waals surface area contributed by atoms with Gasteiger partial charge >= 0.3 is 6.55 Å². The number of imidazole rings is 1. The lowest BCUT2D eigenvalue weighted by molar-refractivity contribution is 0.0673. The van der Waals surface area contributed by atoms with Crippen LogP contribution >= 0.6 is 27.5 Å². The Hall–Kier alpha value is -1.14. The molecule has 18 heavy (non-hydrogen) atoms. The third-order valence-corrected chi connectivity index (χ3v) is 3.15. The van der Waals surface area contributed by atoms with E-state index in [1.165, 1.54) is 12.4 Å². The van der Waals surface area contributed by atoms with E-state index in [2.05, 4.69) is 26.2 Å².